The zero-order valence-corrected chi connectivity index (χ0v) is 15.3. The fourth-order valence-electron chi connectivity index (χ4n) is 3.01. The highest BCUT2D eigenvalue weighted by molar-refractivity contribution is 7.88. The molecule has 0 radical (unpaired) electrons. The Morgan fingerprint density at radius 1 is 1.33 bits per heavy atom. The molecule has 10 nitrogen and oxygen atoms in total. The number of rotatable bonds is 6. The third-order valence-electron chi connectivity index (χ3n) is 4.15. The molecular formula is C16H20N6O4S. The molecule has 2 heterocycles. The van der Waals surface area contributed by atoms with Crippen molar-refractivity contribution in [2.75, 3.05) is 16.8 Å². The van der Waals surface area contributed by atoms with Crippen LogP contribution in [0.5, 0.6) is 0 Å². The molecule has 1 aliphatic rings. The number of primary sulfonamides is 1. The van der Waals surface area contributed by atoms with Crippen LogP contribution in [0.2, 0.25) is 0 Å². The molecule has 1 saturated heterocycles. The van der Waals surface area contributed by atoms with Crippen LogP contribution in [0.15, 0.2) is 30.6 Å². The van der Waals surface area contributed by atoms with E-state index in [2.05, 4.69) is 20.3 Å². The topological polar surface area (TPSA) is 151 Å². The van der Waals surface area contributed by atoms with Crippen molar-refractivity contribution in [2.45, 2.75) is 31.1 Å². The molecule has 1 atom stereocenters. The molecule has 0 spiro atoms. The first kappa shape index (κ1) is 19.0. The van der Waals surface area contributed by atoms with Gasteiger partial charge in [0.15, 0.2) is 0 Å². The van der Waals surface area contributed by atoms with Crippen molar-refractivity contribution in [3.8, 4) is 0 Å². The van der Waals surface area contributed by atoms with Gasteiger partial charge in [0, 0.05) is 12.2 Å². The zero-order chi connectivity index (χ0) is 19.4. The standard InChI is InChI=1S/C16H20N6O4S/c17-27(25,26)9-11-4-3-5-12(8-11)20-15-18-10-19-16(21-15)22-7-2-1-6-13(22)14(23)24/h3-5,8,10,13H,1-2,6-7,9H2,(H,23,24)(H2,17,25,26)(H,18,19,20,21). The maximum atomic E-state index is 11.5. The van der Waals surface area contributed by atoms with E-state index in [1.807, 2.05) is 0 Å². The Labute approximate surface area is 156 Å². The molecule has 0 amide bonds. The molecule has 0 bridgehead atoms. The van der Waals surface area contributed by atoms with Crippen LogP contribution in [-0.4, -0.2) is 47.0 Å². The molecule has 27 heavy (non-hydrogen) atoms. The molecule has 0 aliphatic carbocycles. The number of hydrogen-bond acceptors (Lipinski definition) is 8. The van der Waals surface area contributed by atoms with Crippen LogP contribution < -0.4 is 15.4 Å². The average molecular weight is 392 g/mol. The smallest absolute Gasteiger partial charge is 0.326 e. The van der Waals surface area contributed by atoms with E-state index in [1.54, 1.807) is 29.2 Å². The number of aromatic nitrogens is 3. The summed E-state index contributed by atoms with van der Waals surface area (Å²) in [5, 5.41) is 17.5. The lowest BCUT2D eigenvalue weighted by Gasteiger charge is -2.32. The SMILES string of the molecule is NS(=O)(=O)Cc1cccc(Nc2ncnc(N3CCCCC3C(=O)O)n2)c1. The normalized spacial score (nSPS) is 17.5. The second-order valence-electron chi connectivity index (χ2n) is 6.28. The van der Waals surface area contributed by atoms with E-state index in [0.29, 0.717) is 30.2 Å². The van der Waals surface area contributed by atoms with Gasteiger partial charge in [-0.2, -0.15) is 4.98 Å². The minimum absolute atomic E-state index is 0.238. The summed E-state index contributed by atoms with van der Waals surface area (Å²) in [6, 6.07) is 6.05. The van der Waals surface area contributed by atoms with Crippen LogP contribution in [0.1, 0.15) is 24.8 Å². The minimum Gasteiger partial charge on any atom is -0.480 e. The molecular weight excluding hydrogens is 372 g/mol. The van der Waals surface area contributed by atoms with Crippen molar-refractivity contribution in [3.05, 3.63) is 36.2 Å². The van der Waals surface area contributed by atoms with E-state index in [4.69, 9.17) is 5.14 Å². The van der Waals surface area contributed by atoms with Crippen LogP contribution in [-0.2, 0) is 20.6 Å². The van der Waals surface area contributed by atoms with Gasteiger partial charge in [-0.3, -0.25) is 0 Å². The molecule has 1 unspecified atom stereocenters. The number of nitrogens with one attached hydrogen (secondary N) is 1. The monoisotopic (exact) mass is 392 g/mol. The quantitative estimate of drug-likeness (QED) is 0.649. The number of aliphatic carboxylic acids is 1. The molecule has 144 valence electrons. The summed E-state index contributed by atoms with van der Waals surface area (Å²) < 4.78 is 22.5. The van der Waals surface area contributed by atoms with Crippen molar-refractivity contribution in [2.24, 2.45) is 5.14 Å². The van der Waals surface area contributed by atoms with Gasteiger partial charge in [-0.25, -0.2) is 28.3 Å². The third-order valence-corrected chi connectivity index (χ3v) is 4.89. The Morgan fingerprint density at radius 3 is 2.89 bits per heavy atom. The van der Waals surface area contributed by atoms with Crippen LogP contribution in [0.25, 0.3) is 0 Å². The number of hydrogen-bond donors (Lipinski definition) is 3. The molecule has 1 aromatic carbocycles. The Morgan fingerprint density at radius 2 is 2.15 bits per heavy atom. The van der Waals surface area contributed by atoms with Gasteiger partial charge in [-0.05, 0) is 37.0 Å². The second kappa shape index (κ2) is 7.84. The Balaban J connectivity index is 1.80. The van der Waals surface area contributed by atoms with Crippen molar-refractivity contribution >= 4 is 33.6 Å². The number of anilines is 3. The van der Waals surface area contributed by atoms with E-state index in [9.17, 15) is 18.3 Å². The van der Waals surface area contributed by atoms with E-state index in [1.165, 1.54) is 6.33 Å². The van der Waals surface area contributed by atoms with Gasteiger partial charge in [-0.15, -0.1) is 0 Å². The fraction of sp³-hybridized carbons (Fsp3) is 0.375. The number of benzene rings is 1. The molecule has 0 saturated carbocycles. The minimum atomic E-state index is -3.63. The number of sulfonamides is 1. The van der Waals surface area contributed by atoms with E-state index in [-0.39, 0.29) is 11.7 Å². The summed E-state index contributed by atoms with van der Waals surface area (Å²) in [6.45, 7) is 0.560. The highest BCUT2D eigenvalue weighted by Crippen LogP contribution is 2.23. The molecule has 4 N–H and O–H groups in total. The molecule has 11 heteroatoms. The summed E-state index contributed by atoms with van der Waals surface area (Å²) in [6.07, 6.45) is 3.57. The second-order valence-corrected chi connectivity index (χ2v) is 7.90. The maximum absolute atomic E-state index is 11.5. The van der Waals surface area contributed by atoms with Crippen molar-refractivity contribution < 1.29 is 18.3 Å². The van der Waals surface area contributed by atoms with Gasteiger partial charge in [0.05, 0.1) is 5.75 Å². The van der Waals surface area contributed by atoms with E-state index in [0.717, 1.165) is 12.8 Å². The van der Waals surface area contributed by atoms with Crippen molar-refractivity contribution in [3.63, 3.8) is 0 Å². The number of nitrogens with zero attached hydrogens (tertiary/aromatic N) is 4. The van der Waals surface area contributed by atoms with Crippen molar-refractivity contribution in [1.29, 1.82) is 0 Å². The first-order chi connectivity index (χ1) is 12.8. The van der Waals surface area contributed by atoms with Crippen LogP contribution >= 0.6 is 0 Å². The first-order valence-corrected chi connectivity index (χ1v) is 10.1. The van der Waals surface area contributed by atoms with Gasteiger partial charge in [0.25, 0.3) is 0 Å². The number of carboxylic acids is 1. The van der Waals surface area contributed by atoms with Crippen LogP contribution in [0, 0.1) is 0 Å². The van der Waals surface area contributed by atoms with Gasteiger partial charge >= 0.3 is 5.97 Å². The summed E-state index contributed by atoms with van der Waals surface area (Å²) in [4.78, 5) is 25.6. The summed E-state index contributed by atoms with van der Waals surface area (Å²) in [5.74, 6) is -0.651. The highest BCUT2D eigenvalue weighted by Gasteiger charge is 2.30. The lowest BCUT2D eigenvalue weighted by Crippen LogP contribution is -2.45. The molecule has 1 fully saturated rings. The number of carboxylic acid groups (broad SMARTS) is 1. The summed E-state index contributed by atoms with van der Waals surface area (Å²) in [5.41, 5.74) is 1.11. The molecule has 1 aromatic heterocycles. The maximum Gasteiger partial charge on any atom is 0.326 e. The van der Waals surface area contributed by atoms with Gasteiger partial charge < -0.3 is 15.3 Å². The van der Waals surface area contributed by atoms with Gasteiger partial charge in [-0.1, -0.05) is 12.1 Å². The molecule has 1 aliphatic heterocycles. The van der Waals surface area contributed by atoms with Crippen LogP contribution in [0.3, 0.4) is 0 Å². The lowest BCUT2D eigenvalue weighted by atomic mass is 10.0. The Bertz CT molecular complexity index is 936. The average Bonchev–Trinajstić information content (AvgIpc) is 2.61. The predicted molar refractivity (Wildman–Crippen MR) is 99.0 cm³/mol. The highest BCUT2D eigenvalue weighted by atomic mass is 32.2. The van der Waals surface area contributed by atoms with Gasteiger partial charge in [0.1, 0.15) is 12.4 Å². The largest absolute Gasteiger partial charge is 0.480 e. The lowest BCUT2D eigenvalue weighted by molar-refractivity contribution is -0.139. The van der Waals surface area contributed by atoms with Crippen molar-refractivity contribution in [1.82, 2.24) is 15.0 Å². The van der Waals surface area contributed by atoms with E-state index >= 15 is 0 Å². The van der Waals surface area contributed by atoms with Crippen LogP contribution in [0.4, 0.5) is 17.6 Å². The Hall–Kier alpha value is -2.79. The van der Waals surface area contributed by atoms with E-state index < -0.39 is 22.0 Å². The fourth-order valence-corrected chi connectivity index (χ4v) is 3.66. The summed E-state index contributed by atoms with van der Waals surface area (Å²) in [7, 11) is -3.63. The molecule has 3 rings (SSSR count). The summed E-state index contributed by atoms with van der Waals surface area (Å²) >= 11 is 0. The number of carbonyl (C=O) groups is 1. The first-order valence-electron chi connectivity index (χ1n) is 8.37. The van der Waals surface area contributed by atoms with Gasteiger partial charge in [0.2, 0.25) is 21.9 Å². The zero-order valence-electron chi connectivity index (χ0n) is 14.4. The molecule has 2 aromatic rings. The third kappa shape index (κ3) is 5.11. The number of nitrogens with two attached hydrogens (primary N) is 1. The predicted octanol–water partition coefficient (Wildman–Crippen LogP) is 0.847. The Kier molecular flexibility index (Phi) is 5.51. The number of piperidine rings is 1.